The van der Waals surface area contributed by atoms with Gasteiger partial charge in [-0.05, 0) is 38.0 Å². The minimum absolute atomic E-state index is 0.201. The molecule has 98 valence electrons. The fraction of sp³-hybridized carbons (Fsp3) is 0.818. The van der Waals surface area contributed by atoms with Crippen LogP contribution >= 0.6 is 0 Å². The van der Waals surface area contributed by atoms with Crippen LogP contribution in [0.2, 0.25) is 0 Å². The molecule has 0 heterocycles. The highest BCUT2D eigenvalue weighted by atomic mass is 16.4. The van der Waals surface area contributed by atoms with Gasteiger partial charge < -0.3 is 21.3 Å². The average Bonchev–Trinajstić information content (AvgIpc) is 2.30. The molecule has 1 rings (SSSR count). The molecule has 0 aromatic rings. The van der Waals surface area contributed by atoms with Crippen molar-refractivity contribution in [2.75, 3.05) is 6.54 Å². The van der Waals surface area contributed by atoms with Crippen molar-refractivity contribution in [1.29, 1.82) is 0 Å². The number of aliphatic hydroxyl groups is 1. The molecule has 0 aromatic heterocycles. The van der Waals surface area contributed by atoms with Gasteiger partial charge in [-0.3, -0.25) is 4.79 Å². The molecule has 5 N–H and O–H groups in total. The van der Waals surface area contributed by atoms with Gasteiger partial charge in [0.05, 0.1) is 12.6 Å². The molecule has 1 saturated carbocycles. The van der Waals surface area contributed by atoms with Crippen molar-refractivity contribution in [3.05, 3.63) is 0 Å². The van der Waals surface area contributed by atoms with Gasteiger partial charge in [0, 0.05) is 0 Å². The van der Waals surface area contributed by atoms with E-state index in [1.165, 1.54) is 0 Å². The van der Waals surface area contributed by atoms with Crippen LogP contribution in [0.1, 0.15) is 32.1 Å². The van der Waals surface area contributed by atoms with Crippen LogP contribution < -0.4 is 11.1 Å². The quantitative estimate of drug-likeness (QED) is 0.518. The maximum absolute atomic E-state index is 11.1. The molecule has 0 spiro atoms. The first kappa shape index (κ1) is 13.9. The molecule has 0 saturated heterocycles. The fourth-order valence-corrected chi connectivity index (χ4v) is 2.19. The third kappa shape index (κ3) is 4.70. The summed E-state index contributed by atoms with van der Waals surface area (Å²) in [6, 6.07) is -0.869. The number of hydrogen-bond donors (Lipinski definition) is 4. The van der Waals surface area contributed by atoms with E-state index in [9.17, 15) is 14.7 Å². The Labute approximate surface area is 100 Å². The number of nitrogens with two attached hydrogens (primary N) is 1. The lowest BCUT2D eigenvalue weighted by Gasteiger charge is -2.27. The van der Waals surface area contributed by atoms with Crippen LogP contribution in [-0.4, -0.2) is 40.8 Å². The number of carbonyl (C=O) groups excluding carboxylic acids is 1. The van der Waals surface area contributed by atoms with Gasteiger partial charge in [0.25, 0.3) is 0 Å². The standard InChI is InChI=1S/C11H20N2O4/c12-6-10(15)13-9(11(16)17)5-7-1-3-8(14)4-2-7/h7-9,14H,1-6,12H2,(H,13,15)(H,16,17). The fourth-order valence-electron chi connectivity index (χ4n) is 2.19. The molecule has 1 fully saturated rings. The van der Waals surface area contributed by atoms with Gasteiger partial charge in [-0.25, -0.2) is 4.79 Å². The van der Waals surface area contributed by atoms with E-state index in [4.69, 9.17) is 10.8 Å². The third-order valence-electron chi connectivity index (χ3n) is 3.20. The number of carboxylic acids is 1. The zero-order valence-corrected chi connectivity index (χ0v) is 9.76. The van der Waals surface area contributed by atoms with Gasteiger partial charge >= 0.3 is 5.97 Å². The minimum Gasteiger partial charge on any atom is -0.480 e. The molecule has 1 unspecified atom stereocenters. The lowest BCUT2D eigenvalue weighted by molar-refractivity contribution is -0.142. The summed E-state index contributed by atoms with van der Waals surface area (Å²) >= 11 is 0. The second-order valence-corrected chi connectivity index (χ2v) is 4.57. The van der Waals surface area contributed by atoms with E-state index in [0.717, 1.165) is 12.8 Å². The predicted molar refractivity (Wildman–Crippen MR) is 61.2 cm³/mol. The molecular formula is C11H20N2O4. The number of aliphatic hydroxyl groups excluding tert-OH is 1. The topological polar surface area (TPSA) is 113 Å². The maximum Gasteiger partial charge on any atom is 0.326 e. The van der Waals surface area contributed by atoms with Gasteiger partial charge in [-0.15, -0.1) is 0 Å². The predicted octanol–water partition coefficient (Wildman–Crippen LogP) is -0.544. The average molecular weight is 244 g/mol. The normalized spacial score (nSPS) is 26.2. The smallest absolute Gasteiger partial charge is 0.326 e. The molecule has 0 aromatic carbocycles. The molecule has 1 atom stereocenters. The summed E-state index contributed by atoms with van der Waals surface area (Å²) in [5.41, 5.74) is 5.13. The second-order valence-electron chi connectivity index (χ2n) is 4.57. The van der Waals surface area contributed by atoms with E-state index in [-0.39, 0.29) is 18.6 Å². The molecule has 0 aliphatic heterocycles. The number of aliphatic carboxylic acids is 1. The van der Waals surface area contributed by atoms with Crippen LogP contribution in [0.15, 0.2) is 0 Å². The number of rotatable bonds is 5. The summed E-state index contributed by atoms with van der Waals surface area (Å²) in [4.78, 5) is 22.1. The van der Waals surface area contributed by atoms with Crippen molar-refractivity contribution in [3.8, 4) is 0 Å². The number of carbonyl (C=O) groups is 2. The number of amides is 1. The summed E-state index contributed by atoms with van der Waals surface area (Å²) in [6.07, 6.45) is 3.19. The molecule has 1 aliphatic carbocycles. The largest absolute Gasteiger partial charge is 0.480 e. The first-order valence-electron chi connectivity index (χ1n) is 5.93. The van der Waals surface area contributed by atoms with Crippen LogP contribution in [0, 0.1) is 5.92 Å². The summed E-state index contributed by atoms with van der Waals surface area (Å²) in [5, 5.41) is 20.7. The summed E-state index contributed by atoms with van der Waals surface area (Å²) in [7, 11) is 0. The van der Waals surface area contributed by atoms with E-state index >= 15 is 0 Å². The van der Waals surface area contributed by atoms with Crippen molar-refractivity contribution in [2.45, 2.75) is 44.2 Å². The zero-order valence-electron chi connectivity index (χ0n) is 9.76. The Morgan fingerprint density at radius 2 is 1.88 bits per heavy atom. The lowest BCUT2D eigenvalue weighted by atomic mass is 9.83. The highest BCUT2D eigenvalue weighted by Gasteiger charge is 2.26. The number of carboxylic acid groups (broad SMARTS) is 1. The minimum atomic E-state index is -1.03. The molecule has 1 amide bonds. The van der Waals surface area contributed by atoms with Crippen molar-refractivity contribution < 1.29 is 19.8 Å². The van der Waals surface area contributed by atoms with E-state index in [0.29, 0.717) is 19.3 Å². The lowest BCUT2D eigenvalue weighted by Crippen LogP contribution is -2.44. The Hall–Kier alpha value is -1.14. The third-order valence-corrected chi connectivity index (χ3v) is 3.20. The van der Waals surface area contributed by atoms with Crippen molar-refractivity contribution >= 4 is 11.9 Å². The molecule has 0 radical (unpaired) electrons. The van der Waals surface area contributed by atoms with E-state index in [2.05, 4.69) is 5.32 Å². The van der Waals surface area contributed by atoms with E-state index in [1.54, 1.807) is 0 Å². The Bertz CT molecular complexity index is 275. The van der Waals surface area contributed by atoms with Crippen LogP contribution in [-0.2, 0) is 9.59 Å². The van der Waals surface area contributed by atoms with Gasteiger partial charge in [0.15, 0.2) is 0 Å². The van der Waals surface area contributed by atoms with E-state index < -0.39 is 17.9 Å². The maximum atomic E-state index is 11.1. The first-order valence-corrected chi connectivity index (χ1v) is 5.93. The molecule has 6 nitrogen and oxygen atoms in total. The van der Waals surface area contributed by atoms with Crippen LogP contribution in [0.5, 0.6) is 0 Å². The summed E-state index contributed by atoms with van der Waals surface area (Å²) < 4.78 is 0. The highest BCUT2D eigenvalue weighted by Crippen LogP contribution is 2.27. The molecule has 6 heteroatoms. The SMILES string of the molecule is NCC(=O)NC(CC1CCC(O)CC1)C(=O)O. The van der Waals surface area contributed by atoms with Gasteiger partial charge in [0.2, 0.25) is 5.91 Å². The van der Waals surface area contributed by atoms with Gasteiger partial charge in [-0.2, -0.15) is 0 Å². The van der Waals surface area contributed by atoms with E-state index in [1.807, 2.05) is 0 Å². The second kappa shape index (κ2) is 6.56. The first-order chi connectivity index (χ1) is 8.02. The van der Waals surface area contributed by atoms with Gasteiger partial charge in [0.1, 0.15) is 6.04 Å². The Morgan fingerprint density at radius 1 is 1.29 bits per heavy atom. The van der Waals surface area contributed by atoms with Crippen LogP contribution in [0.4, 0.5) is 0 Å². The van der Waals surface area contributed by atoms with Crippen molar-refractivity contribution in [1.82, 2.24) is 5.32 Å². The highest BCUT2D eigenvalue weighted by molar-refractivity contribution is 5.84. The molecule has 17 heavy (non-hydrogen) atoms. The molecule has 1 aliphatic rings. The molecule has 0 bridgehead atoms. The summed E-state index contributed by atoms with van der Waals surface area (Å²) in [5.74, 6) is -1.23. The van der Waals surface area contributed by atoms with Crippen molar-refractivity contribution in [2.24, 2.45) is 11.7 Å². The molecular weight excluding hydrogens is 224 g/mol. The Kier molecular flexibility index (Phi) is 5.37. The Morgan fingerprint density at radius 3 is 2.35 bits per heavy atom. The van der Waals surface area contributed by atoms with Crippen LogP contribution in [0.3, 0.4) is 0 Å². The summed E-state index contributed by atoms with van der Waals surface area (Å²) in [6.45, 7) is -0.201. The van der Waals surface area contributed by atoms with Gasteiger partial charge in [-0.1, -0.05) is 0 Å². The Balaban J connectivity index is 2.43. The van der Waals surface area contributed by atoms with Crippen LogP contribution in [0.25, 0.3) is 0 Å². The number of nitrogens with one attached hydrogen (secondary N) is 1. The monoisotopic (exact) mass is 244 g/mol. The van der Waals surface area contributed by atoms with Crippen molar-refractivity contribution in [3.63, 3.8) is 0 Å². The zero-order chi connectivity index (χ0) is 12.8. The number of hydrogen-bond acceptors (Lipinski definition) is 4.